The molecular weight excluding hydrogens is 510 g/mol. The van der Waals surface area contributed by atoms with Crippen molar-refractivity contribution in [2.24, 2.45) is 0 Å². The average molecular weight is 550 g/mol. The molecule has 0 spiro atoms. The number of amides is 3. The van der Waals surface area contributed by atoms with E-state index in [0.29, 0.717) is 13.0 Å². The predicted octanol–water partition coefficient (Wildman–Crippen LogP) is 3.26. The zero-order chi connectivity index (χ0) is 28.2. The van der Waals surface area contributed by atoms with E-state index in [2.05, 4.69) is 35.0 Å². The number of aromatic nitrogens is 1. The lowest BCUT2D eigenvalue weighted by atomic mass is 10.0. The number of nitrogens with zero attached hydrogens (tertiary/aromatic N) is 2. The van der Waals surface area contributed by atoms with Gasteiger partial charge in [-0.25, -0.2) is 4.98 Å². The first kappa shape index (κ1) is 30.0. The van der Waals surface area contributed by atoms with Crippen molar-refractivity contribution in [3.05, 3.63) is 76.8 Å². The van der Waals surface area contributed by atoms with Crippen molar-refractivity contribution in [2.75, 3.05) is 27.2 Å². The summed E-state index contributed by atoms with van der Waals surface area (Å²) in [6.45, 7) is 4.77. The van der Waals surface area contributed by atoms with Crippen LogP contribution in [0.1, 0.15) is 36.4 Å². The van der Waals surface area contributed by atoms with Crippen molar-refractivity contribution in [2.45, 2.75) is 51.6 Å². The fourth-order valence-electron chi connectivity index (χ4n) is 4.03. The van der Waals surface area contributed by atoms with Crippen LogP contribution in [0.4, 0.5) is 0 Å². The highest BCUT2D eigenvalue weighted by Crippen LogP contribution is 2.24. The van der Waals surface area contributed by atoms with Gasteiger partial charge in [-0.2, -0.15) is 0 Å². The molecular formula is C30H39N5O3S. The maximum atomic E-state index is 13.5. The van der Waals surface area contributed by atoms with Crippen LogP contribution >= 0.6 is 11.3 Å². The summed E-state index contributed by atoms with van der Waals surface area (Å²) in [5.41, 5.74) is 3.15. The minimum atomic E-state index is -0.780. The number of likely N-dealkylation sites (N-methyl/N-ethyl adjacent to an activating group) is 1. The number of carbonyl (C=O) groups is 3. The van der Waals surface area contributed by atoms with Crippen LogP contribution in [0.3, 0.4) is 0 Å². The number of carbonyl (C=O) groups excluding carboxylic acids is 3. The number of aryl methyl sites for hydroxylation is 1. The van der Waals surface area contributed by atoms with Gasteiger partial charge in [-0.3, -0.25) is 14.4 Å². The summed E-state index contributed by atoms with van der Waals surface area (Å²) in [5, 5.41) is 9.62. The third kappa shape index (κ3) is 9.92. The molecule has 3 N–H and O–H groups in total. The van der Waals surface area contributed by atoms with Crippen molar-refractivity contribution in [1.82, 2.24) is 25.8 Å². The Bertz CT molecular complexity index is 1270. The Morgan fingerprint density at radius 3 is 2.46 bits per heavy atom. The smallest absolute Gasteiger partial charge is 0.243 e. The summed E-state index contributed by atoms with van der Waals surface area (Å²) in [6, 6.07) is 14.8. The molecule has 39 heavy (non-hydrogen) atoms. The number of nitrogens with one attached hydrogen (secondary N) is 3. The van der Waals surface area contributed by atoms with Gasteiger partial charge in [0.25, 0.3) is 0 Å². The van der Waals surface area contributed by atoms with E-state index in [1.165, 1.54) is 11.6 Å². The van der Waals surface area contributed by atoms with Gasteiger partial charge in [0.1, 0.15) is 6.04 Å². The molecule has 0 bridgehead atoms. The summed E-state index contributed by atoms with van der Waals surface area (Å²) in [4.78, 5) is 44.9. The van der Waals surface area contributed by atoms with Gasteiger partial charge in [-0.15, -0.1) is 11.3 Å². The first-order valence-corrected chi connectivity index (χ1v) is 14.2. The predicted molar refractivity (Wildman–Crippen MR) is 158 cm³/mol. The van der Waals surface area contributed by atoms with Gasteiger partial charge in [-0.1, -0.05) is 56.3 Å². The fourth-order valence-corrected chi connectivity index (χ4v) is 5.11. The molecule has 0 radical (unpaired) electrons. The molecule has 1 aromatic heterocycles. The topological polar surface area (TPSA) is 103 Å². The maximum Gasteiger partial charge on any atom is 0.243 e. The van der Waals surface area contributed by atoms with Gasteiger partial charge in [0.2, 0.25) is 17.7 Å². The average Bonchev–Trinajstić information content (AvgIpc) is 3.33. The van der Waals surface area contributed by atoms with Gasteiger partial charge in [0.15, 0.2) is 0 Å². The molecule has 0 saturated carbocycles. The Morgan fingerprint density at radius 1 is 1.00 bits per heavy atom. The van der Waals surface area contributed by atoms with Gasteiger partial charge in [-0.05, 0) is 50.2 Å². The summed E-state index contributed by atoms with van der Waals surface area (Å²) in [6.07, 6.45) is 5.32. The zero-order valence-corrected chi connectivity index (χ0v) is 24.0. The molecule has 2 atom stereocenters. The van der Waals surface area contributed by atoms with Crippen LogP contribution in [0, 0.1) is 0 Å². The van der Waals surface area contributed by atoms with E-state index in [4.69, 9.17) is 4.98 Å². The highest BCUT2D eigenvalue weighted by molar-refractivity contribution is 7.18. The quantitative estimate of drug-likeness (QED) is 0.268. The van der Waals surface area contributed by atoms with Crippen LogP contribution < -0.4 is 16.0 Å². The monoisotopic (exact) mass is 549 g/mol. The van der Waals surface area contributed by atoms with Crippen LogP contribution in [-0.4, -0.2) is 66.9 Å². The Morgan fingerprint density at radius 2 is 1.77 bits per heavy atom. The van der Waals surface area contributed by atoms with Crippen LogP contribution in [0.5, 0.6) is 0 Å². The van der Waals surface area contributed by atoms with Crippen LogP contribution in [-0.2, 0) is 33.6 Å². The second kappa shape index (κ2) is 15.1. The van der Waals surface area contributed by atoms with E-state index in [-0.39, 0.29) is 43.1 Å². The van der Waals surface area contributed by atoms with Gasteiger partial charge >= 0.3 is 0 Å². The number of hydrogen-bond donors (Lipinski definition) is 3. The van der Waals surface area contributed by atoms with E-state index >= 15 is 0 Å². The number of rotatable bonds is 14. The fraction of sp³-hybridized carbons (Fsp3) is 0.400. The molecule has 8 nitrogen and oxygen atoms in total. The Balaban J connectivity index is 1.75. The molecule has 1 heterocycles. The summed E-state index contributed by atoms with van der Waals surface area (Å²) in [7, 11) is 3.86. The Hall–Kier alpha value is -3.56. The second-order valence-corrected chi connectivity index (χ2v) is 10.9. The van der Waals surface area contributed by atoms with Crippen molar-refractivity contribution >= 4 is 39.3 Å². The van der Waals surface area contributed by atoms with E-state index in [1.807, 2.05) is 55.4 Å². The summed E-state index contributed by atoms with van der Waals surface area (Å²) >= 11 is 1.54. The molecule has 0 aliphatic heterocycles. The second-order valence-electron chi connectivity index (χ2n) is 9.75. The first-order chi connectivity index (χ1) is 18.8. The van der Waals surface area contributed by atoms with E-state index < -0.39 is 6.04 Å². The molecule has 0 unspecified atom stereocenters. The Kier molecular flexibility index (Phi) is 11.6. The lowest BCUT2D eigenvalue weighted by Crippen LogP contribution is -2.53. The number of benzene rings is 2. The highest BCUT2D eigenvalue weighted by Gasteiger charge is 2.25. The van der Waals surface area contributed by atoms with Crippen molar-refractivity contribution in [3.63, 3.8) is 0 Å². The maximum absolute atomic E-state index is 13.5. The number of thiazole rings is 1. The van der Waals surface area contributed by atoms with Crippen molar-refractivity contribution < 1.29 is 14.4 Å². The summed E-state index contributed by atoms with van der Waals surface area (Å²) < 4.78 is 1.07. The van der Waals surface area contributed by atoms with Crippen LogP contribution in [0.2, 0.25) is 0 Å². The van der Waals surface area contributed by atoms with Gasteiger partial charge < -0.3 is 20.9 Å². The largest absolute Gasteiger partial charge is 0.350 e. The van der Waals surface area contributed by atoms with Crippen molar-refractivity contribution in [1.29, 1.82) is 0 Å². The number of fused-ring (bicyclic) bond motifs is 1. The number of hydrogen-bond acceptors (Lipinski definition) is 6. The zero-order valence-electron chi connectivity index (χ0n) is 23.2. The van der Waals surface area contributed by atoms with E-state index in [0.717, 1.165) is 27.2 Å². The van der Waals surface area contributed by atoms with Crippen LogP contribution in [0.15, 0.2) is 60.7 Å². The normalized spacial score (nSPS) is 12.9. The first-order valence-electron chi connectivity index (χ1n) is 13.4. The van der Waals surface area contributed by atoms with Crippen LogP contribution in [0.25, 0.3) is 10.2 Å². The Labute approximate surface area is 234 Å². The SMILES string of the molecule is CCC(=O)N[C@@H](Cc1nc2ccc(CC)cc2s1)C(=O)N[C@H](CNC(=O)/C=C/CN(C)C)Cc1ccccc1. The standard InChI is InChI=1S/C30H39N5O3S/c1-5-21-14-15-24-26(18-21)39-29(34-24)19-25(33-27(36)6-2)30(38)32-23(17-22-11-8-7-9-12-22)20-31-28(37)13-10-16-35(3)4/h7-15,18,23,25H,5-6,16-17,19-20H2,1-4H3,(H,31,37)(H,32,38)(H,33,36)/b13-10+/t23-,25-/m0/s1. The molecule has 208 valence electrons. The lowest BCUT2D eigenvalue weighted by Gasteiger charge is -2.23. The highest BCUT2D eigenvalue weighted by atomic mass is 32.1. The van der Waals surface area contributed by atoms with Crippen molar-refractivity contribution in [3.8, 4) is 0 Å². The third-order valence-electron chi connectivity index (χ3n) is 6.19. The molecule has 3 amide bonds. The molecule has 0 saturated heterocycles. The molecule has 0 aliphatic rings. The van der Waals surface area contributed by atoms with E-state index in [9.17, 15) is 14.4 Å². The van der Waals surface area contributed by atoms with Gasteiger partial charge in [0, 0.05) is 32.0 Å². The molecule has 0 fully saturated rings. The molecule has 0 aliphatic carbocycles. The molecule has 9 heteroatoms. The minimum Gasteiger partial charge on any atom is -0.350 e. The third-order valence-corrected chi connectivity index (χ3v) is 7.23. The molecule has 2 aromatic carbocycles. The minimum absolute atomic E-state index is 0.205. The van der Waals surface area contributed by atoms with Gasteiger partial charge in [0.05, 0.1) is 21.3 Å². The lowest BCUT2D eigenvalue weighted by molar-refractivity contribution is -0.129. The molecule has 3 rings (SSSR count). The molecule has 3 aromatic rings. The van der Waals surface area contributed by atoms with E-state index in [1.54, 1.807) is 24.3 Å². The summed E-state index contributed by atoms with van der Waals surface area (Å²) in [5.74, 6) is -0.729.